The molecule has 0 radical (unpaired) electrons. The number of carboxylic acids is 1. The molecule has 1 heterocycles. The number of amides is 1. The predicted molar refractivity (Wildman–Crippen MR) is 83.7 cm³/mol. The molecule has 1 unspecified atom stereocenters. The number of nitrogens with one attached hydrogen (secondary N) is 1. The van der Waals surface area contributed by atoms with Crippen LogP contribution in [0.2, 0.25) is 0 Å². The van der Waals surface area contributed by atoms with Crippen molar-refractivity contribution in [2.45, 2.75) is 33.1 Å². The molecule has 0 aliphatic carbocycles. The van der Waals surface area contributed by atoms with E-state index in [0.29, 0.717) is 0 Å². The number of likely N-dealkylation sites (N-methyl/N-ethyl adjacent to an activating group) is 1. The summed E-state index contributed by atoms with van der Waals surface area (Å²) in [5, 5.41) is 20.0. The average molecular weight is 309 g/mol. The summed E-state index contributed by atoms with van der Waals surface area (Å²) in [5.41, 5.74) is 0.558. The average Bonchev–Trinajstić information content (AvgIpc) is 2.47. The van der Waals surface area contributed by atoms with Gasteiger partial charge in [0.15, 0.2) is 5.69 Å². The van der Waals surface area contributed by atoms with E-state index >= 15 is 0 Å². The minimum absolute atomic E-state index is 0.00972. The Morgan fingerprint density at radius 2 is 1.91 bits per heavy atom. The standard InChI is InChI=1S/C15H23N3O4/c1-4-10(9-18(5-2)6-3)11-7-12(17-15(21)22)13(14(19)20)16-8-11/h7-8,10,17H,4-6,9H2,1-3H3,(H,19,20)(H,21,22). The van der Waals surface area contributed by atoms with E-state index in [1.165, 1.54) is 6.20 Å². The lowest BCUT2D eigenvalue weighted by Gasteiger charge is -2.25. The number of rotatable bonds is 8. The van der Waals surface area contributed by atoms with Gasteiger partial charge in [0.25, 0.3) is 0 Å². The summed E-state index contributed by atoms with van der Waals surface area (Å²) in [7, 11) is 0. The van der Waals surface area contributed by atoms with Gasteiger partial charge in [-0.1, -0.05) is 20.8 Å². The molecule has 0 aromatic carbocycles. The molecule has 1 rings (SSSR count). The van der Waals surface area contributed by atoms with Crippen molar-refractivity contribution in [2.24, 2.45) is 0 Å². The van der Waals surface area contributed by atoms with Crippen LogP contribution in [0.25, 0.3) is 0 Å². The van der Waals surface area contributed by atoms with E-state index in [4.69, 9.17) is 10.2 Å². The third-order valence-electron chi connectivity index (χ3n) is 3.69. The molecule has 3 N–H and O–H groups in total. The highest BCUT2D eigenvalue weighted by Crippen LogP contribution is 2.25. The number of hydrogen-bond acceptors (Lipinski definition) is 4. The molecule has 7 nitrogen and oxygen atoms in total. The molecule has 1 atom stereocenters. The van der Waals surface area contributed by atoms with Gasteiger partial charge in [0.05, 0.1) is 5.69 Å². The Morgan fingerprint density at radius 1 is 1.27 bits per heavy atom. The van der Waals surface area contributed by atoms with E-state index in [-0.39, 0.29) is 17.3 Å². The summed E-state index contributed by atoms with van der Waals surface area (Å²) in [5.74, 6) is -1.09. The van der Waals surface area contributed by atoms with Gasteiger partial charge in [-0.25, -0.2) is 14.6 Å². The summed E-state index contributed by atoms with van der Waals surface area (Å²) in [4.78, 5) is 28.1. The number of hydrogen-bond donors (Lipinski definition) is 3. The summed E-state index contributed by atoms with van der Waals surface area (Å²) < 4.78 is 0. The number of aromatic nitrogens is 1. The molecule has 1 aromatic heterocycles. The Labute approximate surface area is 130 Å². The minimum Gasteiger partial charge on any atom is -0.476 e. The lowest BCUT2D eigenvalue weighted by atomic mass is 9.96. The Morgan fingerprint density at radius 3 is 2.36 bits per heavy atom. The van der Waals surface area contributed by atoms with Gasteiger partial charge < -0.3 is 15.1 Å². The van der Waals surface area contributed by atoms with Crippen LogP contribution in [-0.2, 0) is 0 Å². The number of carboxylic acid groups (broad SMARTS) is 2. The van der Waals surface area contributed by atoms with Gasteiger partial charge >= 0.3 is 12.1 Å². The maximum Gasteiger partial charge on any atom is 0.409 e. The van der Waals surface area contributed by atoms with Gasteiger partial charge in [-0.3, -0.25) is 5.32 Å². The van der Waals surface area contributed by atoms with E-state index in [0.717, 1.165) is 31.6 Å². The molecular formula is C15H23N3O4. The predicted octanol–water partition coefficient (Wildman–Crippen LogP) is 2.71. The normalized spacial score (nSPS) is 12.2. The van der Waals surface area contributed by atoms with Crippen LogP contribution in [0.15, 0.2) is 12.3 Å². The molecule has 1 aromatic rings. The molecule has 1 amide bonds. The smallest absolute Gasteiger partial charge is 0.409 e. The van der Waals surface area contributed by atoms with Crippen LogP contribution in [0.4, 0.5) is 10.5 Å². The second kappa shape index (κ2) is 8.33. The summed E-state index contributed by atoms with van der Waals surface area (Å²) in [6.45, 7) is 8.88. The van der Waals surface area contributed by atoms with Crippen molar-refractivity contribution in [3.8, 4) is 0 Å². The first-order chi connectivity index (χ1) is 10.4. The van der Waals surface area contributed by atoms with Crippen molar-refractivity contribution >= 4 is 17.7 Å². The molecule has 22 heavy (non-hydrogen) atoms. The Bertz CT molecular complexity index is 530. The molecule has 122 valence electrons. The van der Waals surface area contributed by atoms with Crippen LogP contribution >= 0.6 is 0 Å². The number of carbonyl (C=O) groups is 2. The van der Waals surface area contributed by atoms with Crippen molar-refractivity contribution in [3.63, 3.8) is 0 Å². The third kappa shape index (κ3) is 4.70. The monoisotopic (exact) mass is 309 g/mol. The fourth-order valence-corrected chi connectivity index (χ4v) is 2.35. The van der Waals surface area contributed by atoms with Crippen LogP contribution in [0, 0.1) is 0 Å². The quantitative estimate of drug-likeness (QED) is 0.682. The van der Waals surface area contributed by atoms with Crippen LogP contribution < -0.4 is 5.32 Å². The molecule has 0 bridgehead atoms. The van der Waals surface area contributed by atoms with E-state index in [1.54, 1.807) is 6.07 Å². The van der Waals surface area contributed by atoms with Gasteiger partial charge in [-0.05, 0) is 37.1 Å². The minimum atomic E-state index is -1.31. The van der Waals surface area contributed by atoms with Gasteiger partial charge in [0.1, 0.15) is 0 Å². The maximum atomic E-state index is 11.1. The SMILES string of the molecule is CCC(CN(CC)CC)c1cnc(C(=O)O)c(NC(=O)O)c1. The van der Waals surface area contributed by atoms with Crippen molar-refractivity contribution < 1.29 is 19.8 Å². The Kier molecular flexibility index (Phi) is 6.78. The van der Waals surface area contributed by atoms with E-state index in [1.807, 2.05) is 6.92 Å². The van der Waals surface area contributed by atoms with Gasteiger partial charge in [-0.15, -0.1) is 0 Å². The zero-order chi connectivity index (χ0) is 16.7. The van der Waals surface area contributed by atoms with E-state index in [9.17, 15) is 9.59 Å². The van der Waals surface area contributed by atoms with Crippen molar-refractivity contribution in [1.82, 2.24) is 9.88 Å². The lowest BCUT2D eigenvalue weighted by Crippen LogP contribution is -2.28. The van der Waals surface area contributed by atoms with Gasteiger partial charge in [0, 0.05) is 12.7 Å². The molecule has 0 aliphatic heterocycles. The van der Waals surface area contributed by atoms with Crippen molar-refractivity contribution in [2.75, 3.05) is 25.0 Å². The zero-order valence-corrected chi connectivity index (χ0v) is 13.2. The number of nitrogens with zero attached hydrogens (tertiary/aromatic N) is 2. The van der Waals surface area contributed by atoms with Crippen LogP contribution in [-0.4, -0.2) is 51.8 Å². The Hall–Kier alpha value is -2.15. The summed E-state index contributed by atoms with van der Waals surface area (Å²) in [6, 6.07) is 1.57. The lowest BCUT2D eigenvalue weighted by molar-refractivity contribution is 0.0691. The fourth-order valence-electron chi connectivity index (χ4n) is 2.35. The molecule has 7 heteroatoms. The summed E-state index contributed by atoms with van der Waals surface area (Å²) in [6.07, 6.45) is 1.07. The molecule has 0 saturated heterocycles. The van der Waals surface area contributed by atoms with Crippen LogP contribution in [0.1, 0.15) is 49.2 Å². The number of anilines is 1. The molecule has 0 saturated carbocycles. The highest BCUT2D eigenvalue weighted by Gasteiger charge is 2.19. The van der Waals surface area contributed by atoms with Crippen molar-refractivity contribution in [3.05, 3.63) is 23.5 Å². The maximum absolute atomic E-state index is 11.1. The largest absolute Gasteiger partial charge is 0.476 e. The van der Waals surface area contributed by atoms with E-state index < -0.39 is 12.1 Å². The van der Waals surface area contributed by atoms with E-state index in [2.05, 4.69) is 29.0 Å². The third-order valence-corrected chi connectivity index (χ3v) is 3.69. The Balaban J connectivity index is 3.12. The first-order valence-corrected chi connectivity index (χ1v) is 7.38. The van der Waals surface area contributed by atoms with Gasteiger partial charge in [0.2, 0.25) is 0 Å². The summed E-state index contributed by atoms with van der Waals surface area (Å²) >= 11 is 0. The first-order valence-electron chi connectivity index (χ1n) is 7.38. The second-order valence-corrected chi connectivity index (χ2v) is 4.99. The highest BCUT2D eigenvalue weighted by atomic mass is 16.4. The first kappa shape index (κ1) is 17.9. The number of aromatic carboxylic acids is 1. The van der Waals surface area contributed by atoms with Crippen molar-refractivity contribution in [1.29, 1.82) is 0 Å². The fraction of sp³-hybridized carbons (Fsp3) is 0.533. The molecule has 0 aliphatic rings. The number of pyridine rings is 1. The van der Waals surface area contributed by atoms with Gasteiger partial charge in [-0.2, -0.15) is 0 Å². The van der Waals surface area contributed by atoms with Crippen LogP contribution in [0.3, 0.4) is 0 Å². The highest BCUT2D eigenvalue weighted by molar-refractivity contribution is 5.96. The van der Waals surface area contributed by atoms with Crippen LogP contribution in [0.5, 0.6) is 0 Å². The molecular weight excluding hydrogens is 286 g/mol. The molecule has 0 fully saturated rings. The zero-order valence-electron chi connectivity index (χ0n) is 13.2. The molecule has 0 spiro atoms. The second-order valence-electron chi connectivity index (χ2n) is 4.99. The topological polar surface area (TPSA) is 103 Å².